The molecule has 0 bridgehead atoms. The Morgan fingerprint density at radius 3 is 2.56 bits per heavy atom. The quantitative estimate of drug-likeness (QED) is 0.604. The first-order chi connectivity index (χ1) is 8.31. The van der Waals surface area contributed by atoms with Crippen LogP contribution in [-0.4, -0.2) is 37.2 Å². The van der Waals surface area contributed by atoms with E-state index in [9.17, 15) is 21.6 Å². The molecule has 6 nitrogen and oxygen atoms in total. The van der Waals surface area contributed by atoms with Crippen LogP contribution in [0.25, 0.3) is 0 Å². The Labute approximate surface area is 101 Å². The Balaban J connectivity index is 2.29. The Morgan fingerprint density at radius 1 is 1.22 bits per heavy atom. The molecular formula is C8H10F3N3O3S. The second kappa shape index (κ2) is 4.43. The minimum Gasteiger partial charge on any atom is -0.353 e. The van der Waals surface area contributed by atoms with Crippen molar-refractivity contribution in [1.29, 1.82) is 0 Å². The van der Waals surface area contributed by atoms with Crippen molar-refractivity contribution in [2.45, 2.75) is 18.3 Å². The van der Waals surface area contributed by atoms with Crippen LogP contribution in [0.5, 0.6) is 5.88 Å². The molecule has 0 atom stereocenters. The van der Waals surface area contributed by atoms with Crippen LogP contribution < -0.4 is 9.50 Å². The van der Waals surface area contributed by atoms with Crippen molar-refractivity contribution in [3.8, 4) is 5.88 Å². The van der Waals surface area contributed by atoms with Gasteiger partial charge in [0.25, 0.3) is 5.88 Å². The molecule has 0 radical (unpaired) electrons. The maximum absolute atomic E-state index is 12.2. The second-order valence-electron chi connectivity index (χ2n) is 3.72. The zero-order valence-electron chi connectivity index (χ0n) is 9.04. The molecule has 2 N–H and O–H groups in total. The number of alkyl halides is 3. The van der Waals surface area contributed by atoms with Crippen molar-refractivity contribution < 1.29 is 25.8 Å². The van der Waals surface area contributed by atoms with Crippen molar-refractivity contribution in [1.82, 2.24) is 15.5 Å². The average molecular weight is 285 g/mol. The number of aromatic amines is 1. The van der Waals surface area contributed by atoms with Gasteiger partial charge in [0.05, 0.1) is 0 Å². The minimum atomic E-state index is -5.67. The standard InChI is InChI=1S/C8H10F3N3O3S/c9-8(10,11)18(15,16)17-7-5-1-3-12-4-2-6(5)13-14-7/h12H,1-4H2,(H,13,14). The van der Waals surface area contributed by atoms with Crippen LogP contribution >= 0.6 is 0 Å². The molecule has 0 aliphatic carbocycles. The maximum atomic E-state index is 12.2. The molecule has 2 rings (SSSR count). The van der Waals surface area contributed by atoms with E-state index in [1.54, 1.807) is 0 Å². The summed E-state index contributed by atoms with van der Waals surface area (Å²) in [6.07, 6.45) is 0.881. The van der Waals surface area contributed by atoms with Crippen LogP contribution in [0.2, 0.25) is 0 Å². The fourth-order valence-corrected chi connectivity index (χ4v) is 2.06. The fourth-order valence-electron chi connectivity index (χ4n) is 1.62. The Morgan fingerprint density at radius 2 is 1.89 bits per heavy atom. The molecule has 10 heteroatoms. The summed E-state index contributed by atoms with van der Waals surface area (Å²) in [6.45, 7) is 1.16. The molecule has 0 spiro atoms. The van der Waals surface area contributed by atoms with Crippen LogP contribution in [-0.2, 0) is 23.0 Å². The van der Waals surface area contributed by atoms with Crippen LogP contribution in [0.1, 0.15) is 11.3 Å². The fraction of sp³-hybridized carbons (Fsp3) is 0.625. The summed E-state index contributed by atoms with van der Waals surface area (Å²) >= 11 is 0. The van der Waals surface area contributed by atoms with Gasteiger partial charge in [-0.2, -0.15) is 21.6 Å². The maximum Gasteiger partial charge on any atom is 0.534 e. The van der Waals surface area contributed by atoms with Gasteiger partial charge >= 0.3 is 15.6 Å². The molecule has 1 aromatic heterocycles. The number of aromatic nitrogens is 2. The largest absolute Gasteiger partial charge is 0.534 e. The average Bonchev–Trinajstić information content (AvgIpc) is 2.48. The molecular weight excluding hydrogens is 275 g/mol. The molecule has 1 aliphatic heterocycles. The first-order valence-corrected chi connectivity index (χ1v) is 6.49. The summed E-state index contributed by atoms with van der Waals surface area (Å²) in [4.78, 5) is 0. The Bertz CT molecular complexity index is 538. The first-order valence-electron chi connectivity index (χ1n) is 5.09. The molecule has 0 unspecified atom stereocenters. The summed E-state index contributed by atoms with van der Waals surface area (Å²) in [5.41, 5.74) is -4.50. The smallest absolute Gasteiger partial charge is 0.353 e. The molecule has 2 heterocycles. The van der Waals surface area contributed by atoms with Crippen molar-refractivity contribution in [3.63, 3.8) is 0 Å². The third-order valence-corrected chi connectivity index (χ3v) is 3.43. The van der Waals surface area contributed by atoms with Gasteiger partial charge in [0.2, 0.25) is 0 Å². The summed E-state index contributed by atoms with van der Waals surface area (Å²) in [7, 11) is -5.67. The van der Waals surface area contributed by atoms with Gasteiger partial charge in [-0.3, -0.25) is 5.10 Å². The van der Waals surface area contributed by atoms with Crippen molar-refractivity contribution in [3.05, 3.63) is 11.3 Å². The van der Waals surface area contributed by atoms with Gasteiger partial charge in [-0.1, -0.05) is 0 Å². The van der Waals surface area contributed by atoms with Gasteiger partial charge in [0.15, 0.2) is 0 Å². The SMILES string of the molecule is O=S(=O)(Oc1n[nH]c2c1CCNCC2)C(F)(F)F. The number of hydrogen-bond acceptors (Lipinski definition) is 5. The van der Waals surface area contributed by atoms with Gasteiger partial charge in [-0.15, -0.1) is 5.10 Å². The lowest BCUT2D eigenvalue weighted by Gasteiger charge is -2.08. The predicted octanol–water partition coefficient (Wildman–Crippen LogP) is 0.326. The van der Waals surface area contributed by atoms with E-state index < -0.39 is 21.5 Å². The number of rotatable bonds is 2. The third kappa shape index (κ3) is 2.43. The molecule has 1 aromatic rings. The van der Waals surface area contributed by atoms with Crippen molar-refractivity contribution >= 4 is 10.1 Å². The number of H-pyrrole nitrogens is 1. The van der Waals surface area contributed by atoms with Gasteiger partial charge in [-0.05, 0) is 13.0 Å². The lowest BCUT2D eigenvalue weighted by atomic mass is 10.1. The summed E-state index contributed by atoms with van der Waals surface area (Å²) < 4.78 is 62.3. The normalized spacial score (nSPS) is 17.1. The number of nitrogens with zero attached hydrogens (tertiary/aromatic N) is 1. The van der Waals surface area contributed by atoms with Gasteiger partial charge in [0.1, 0.15) is 0 Å². The van der Waals surface area contributed by atoms with Crippen molar-refractivity contribution in [2.24, 2.45) is 0 Å². The zero-order chi connectivity index (χ0) is 13.4. The van der Waals surface area contributed by atoms with Crippen LogP contribution in [0.3, 0.4) is 0 Å². The lowest BCUT2D eigenvalue weighted by molar-refractivity contribution is -0.0501. The minimum absolute atomic E-state index is 0.356. The zero-order valence-corrected chi connectivity index (χ0v) is 9.86. The topological polar surface area (TPSA) is 84.1 Å². The van der Waals surface area contributed by atoms with Gasteiger partial charge < -0.3 is 9.50 Å². The van der Waals surface area contributed by atoms with E-state index in [0.717, 1.165) is 0 Å². The van der Waals surface area contributed by atoms with E-state index in [4.69, 9.17) is 0 Å². The van der Waals surface area contributed by atoms with E-state index in [1.165, 1.54) is 0 Å². The molecule has 0 amide bonds. The third-order valence-electron chi connectivity index (χ3n) is 2.49. The monoisotopic (exact) mass is 285 g/mol. The highest BCUT2D eigenvalue weighted by Crippen LogP contribution is 2.29. The molecule has 0 fully saturated rings. The van der Waals surface area contributed by atoms with E-state index in [2.05, 4.69) is 19.7 Å². The summed E-state index contributed by atoms with van der Waals surface area (Å²) in [6, 6.07) is 0. The number of hydrogen-bond donors (Lipinski definition) is 2. The predicted molar refractivity (Wildman–Crippen MR) is 54.5 cm³/mol. The molecule has 18 heavy (non-hydrogen) atoms. The van der Waals surface area contributed by atoms with Gasteiger partial charge in [0, 0.05) is 24.2 Å². The van der Waals surface area contributed by atoms with Crippen LogP contribution in [0, 0.1) is 0 Å². The molecule has 0 saturated carbocycles. The lowest BCUT2D eigenvalue weighted by Crippen LogP contribution is -2.28. The second-order valence-corrected chi connectivity index (χ2v) is 5.26. The van der Waals surface area contributed by atoms with E-state index in [-0.39, 0.29) is 0 Å². The van der Waals surface area contributed by atoms with E-state index >= 15 is 0 Å². The highest BCUT2D eigenvalue weighted by Gasteiger charge is 2.49. The highest BCUT2D eigenvalue weighted by atomic mass is 32.2. The Hall–Kier alpha value is -1.29. The van der Waals surface area contributed by atoms with Gasteiger partial charge in [-0.25, -0.2) is 0 Å². The van der Waals surface area contributed by atoms with Crippen LogP contribution in [0.15, 0.2) is 0 Å². The number of halogens is 3. The van der Waals surface area contributed by atoms with E-state index in [0.29, 0.717) is 37.2 Å². The van der Waals surface area contributed by atoms with Crippen LogP contribution in [0.4, 0.5) is 13.2 Å². The summed E-state index contributed by atoms with van der Waals surface area (Å²) in [5.74, 6) is -0.522. The molecule has 0 saturated heterocycles. The first kappa shape index (κ1) is 13.1. The molecule has 1 aliphatic rings. The summed E-state index contributed by atoms with van der Waals surface area (Å²) in [5, 5.41) is 9.00. The number of nitrogens with one attached hydrogen (secondary N) is 2. The molecule has 0 aromatic carbocycles. The van der Waals surface area contributed by atoms with E-state index in [1.807, 2.05) is 0 Å². The van der Waals surface area contributed by atoms with Crippen molar-refractivity contribution in [2.75, 3.05) is 13.1 Å². The Kier molecular flexibility index (Phi) is 3.23. The highest BCUT2D eigenvalue weighted by molar-refractivity contribution is 7.87. The number of fused-ring (bicyclic) bond motifs is 1. The molecule has 102 valence electrons.